The van der Waals surface area contributed by atoms with Crippen LogP contribution in [0.5, 0.6) is 0 Å². The van der Waals surface area contributed by atoms with Crippen LogP contribution in [0.15, 0.2) is 0 Å². The van der Waals surface area contributed by atoms with Gasteiger partial charge in [0.15, 0.2) is 0 Å². The van der Waals surface area contributed by atoms with Crippen molar-refractivity contribution in [2.24, 2.45) is 5.41 Å². The number of carboxylic acids is 1. The molecule has 12 heavy (non-hydrogen) atoms. The lowest BCUT2D eigenvalue weighted by Gasteiger charge is -2.32. The molecule has 1 rings (SSSR count). The number of hydrogen-bond acceptors (Lipinski definition) is 2. The van der Waals surface area contributed by atoms with Crippen molar-refractivity contribution in [2.45, 2.75) is 31.9 Å². The monoisotopic (exact) mass is 181 g/mol. The van der Waals surface area contributed by atoms with Crippen LogP contribution in [0.25, 0.3) is 0 Å². The number of halogens is 3. The first-order valence-electron chi connectivity index (χ1n) is 3.68. The topological polar surface area (TPSA) is 40.1 Å². The van der Waals surface area contributed by atoms with Crippen molar-refractivity contribution in [1.29, 1.82) is 0 Å². The molecule has 0 aromatic heterocycles. The molecule has 0 heterocycles. The predicted molar refractivity (Wildman–Crippen MR) is 32.0 cm³/mol. The zero-order chi connectivity index (χ0) is 9.41. The molecule has 0 N–H and O–H groups in total. The summed E-state index contributed by atoms with van der Waals surface area (Å²) in [6.07, 6.45) is -4.71. The summed E-state index contributed by atoms with van der Waals surface area (Å²) < 4.78 is 36.7. The maximum absolute atomic E-state index is 12.2. The second-order valence-electron chi connectivity index (χ2n) is 3.07. The van der Waals surface area contributed by atoms with E-state index < -0.39 is 17.6 Å². The molecule has 1 saturated carbocycles. The van der Waals surface area contributed by atoms with E-state index in [4.69, 9.17) is 0 Å². The molecule has 0 aromatic carbocycles. The Labute approximate surface area is 67.4 Å². The summed E-state index contributed by atoms with van der Waals surface area (Å²) >= 11 is 0. The Kier molecular flexibility index (Phi) is 2.06. The van der Waals surface area contributed by atoms with Gasteiger partial charge in [0.25, 0.3) is 0 Å². The van der Waals surface area contributed by atoms with Crippen LogP contribution in [0.3, 0.4) is 0 Å². The van der Waals surface area contributed by atoms with E-state index in [1.807, 2.05) is 0 Å². The van der Waals surface area contributed by atoms with E-state index >= 15 is 0 Å². The molecule has 1 fully saturated rings. The van der Waals surface area contributed by atoms with E-state index in [2.05, 4.69) is 0 Å². The number of carbonyl (C=O) groups is 1. The maximum atomic E-state index is 12.2. The Hall–Kier alpha value is -0.740. The molecule has 5 heteroatoms. The normalized spacial score (nSPS) is 22.6. The lowest BCUT2D eigenvalue weighted by atomic mass is 9.86. The number of carbonyl (C=O) groups excluding carboxylic acids is 1. The first kappa shape index (κ1) is 9.35. The lowest BCUT2D eigenvalue weighted by molar-refractivity contribution is -0.342. The van der Waals surface area contributed by atoms with E-state index in [1.54, 1.807) is 0 Å². The van der Waals surface area contributed by atoms with Crippen LogP contribution in [-0.4, -0.2) is 12.1 Å². The van der Waals surface area contributed by atoms with Crippen LogP contribution in [-0.2, 0) is 4.79 Å². The lowest BCUT2D eigenvalue weighted by Crippen LogP contribution is -2.50. The Morgan fingerprint density at radius 2 is 1.67 bits per heavy atom. The van der Waals surface area contributed by atoms with Gasteiger partial charge in [0.05, 0.1) is 5.97 Å². The largest absolute Gasteiger partial charge is 0.549 e. The molecule has 0 saturated heterocycles. The average molecular weight is 181 g/mol. The molecule has 1 aliphatic carbocycles. The second-order valence-corrected chi connectivity index (χ2v) is 3.07. The van der Waals surface area contributed by atoms with Gasteiger partial charge in [0.1, 0.15) is 5.41 Å². The zero-order valence-electron chi connectivity index (χ0n) is 6.28. The molecule has 0 atom stereocenters. The molecular formula is C7H8F3O2-. The standard InChI is InChI=1S/C7H9F3O2/c8-7(9,10)6(5(11)12)3-1-2-4-6/h1-4H2,(H,11,12)/p-1. The smallest absolute Gasteiger partial charge is 0.399 e. The summed E-state index contributed by atoms with van der Waals surface area (Å²) in [5.74, 6) is -1.98. The highest BCUT2D eigenvalue weighted by Crippen LogP contribution is 2.49. The molecule has 1 aliphatic rings. The van der Waals surface area contributed by atoms with Crippen LogP contribution in [0.4, 0.5) is 13.2 Å². The molecule has 0 amide bonds. The third-order valence-electron chi connectivity index (χ3n) is 2.39. The minimum Gasteiger partial charge on any atom is -0.549 e. The van der Waals surface area contributed by atoms with E-state index in [9.17, 15) is 23.1 Å². The highest BCUT2D eigenvalue weighted by atomic mass is 19.4. The Balaban J connectivity index is 2.94. The summed E-state index contributed by atoms with van der Waals surface area (Å²) in [6, 6.07) is 0. The summed E-state index contributed by atoms with van der Waals surface area (Å²) in [4.78, 5) is 10.3. The maximum Gasteiger partial charge on any atom is 0.399 e. The molecular weight excluding hydrogens is 173 g/mol. The van der Waals surface area contributed by atoms with Gasteiger partial charge >= 0.3 is 6.18 Å². The van der Waals surface area contributed by atoms with Gasteiger partial charge in [-0.25, -0.2) is 0 Å². The van der Waals surface area contributed by atoms with E-state index in [0.717, 1.165) is 0 Å². The van der Waals surface area contributed by atoms with E-state index in [0.29, 0.717) is 12.8 Å². The van der Waals surface area contributed by atoms with Crippen LogP contribution >= 0.6 is 0 Å². The van der Waals surface area contributed by atoms with Crippen LogP contribution in [0.2, 0.25) is 0 Å². The molecule has 0 aliphatic heterocycles. The molecule has 0 spiro atoms. The van der Waals surface area contributed by atoms with Crippen LogP contribution < -0.4 is 5.11 Å². The van der Waals surface area contributed by atoms with Crippen molar-refractivity contribution in [3.8, 4) is 0 Å². The number of rotatable bonds is 1. The minimum absolute atomic E-state index is 0.313. The van der Waals surface area contributed by atoms with Gasteiger partial charge < -0.3 is 9.90 Å². The third kappa shape index (κ3) is 1.17. The van der Waals surface area contributed by atoms with Crippen molar-refractivity contribution < 1.29 is 23.1 Å². The Morgan fingerprint density at radius 3 is 1.83 bits per heavy atom. The number of hydrogen-bond donors (Lipinski definition) is 0. The molecule has 0 aromatic rings. The van der Waals surface area contributed by atoms with Gasteiger partial charge in [-0.2, -0.15) is 13.2 Å². The van der Waals surface area contributed by atoms with Gasteiger partial charge in [-0.1, -0.05) is 12.8 Å². The highest BCUT2D eigenvalue weighted by molar-refractivity contribution is 5.73. The third-order valence-corrected chi connectivity index (χ3v) is 2.39. The molecule has 0 unspecified atom stereocenters. The first-order chi connectivity index (χ1) is 5.40. The van der Waals surface area contributed by atoms with Gasteiger partial charge in [-0.15, -0.1) is 0 Å². The Bertz CT molecular complexity index is 191. The number of aliphatic carboxylic acids is 1. The van der Waals surface area contributed by atoms with Crippen LogP contribution in [0.1, 0.15) is 25.7 Å². The fraction of sp³-hybridized carbons (Fsp3) is 0.857. The quantitative estimate of drug-likeness (QED) is 0.601. The summed E-state index contributed by atoms with van der Waals surface area (Å²) in [6.45, 7) is 0. The predicted octanol–water partition coefficient (Wildman–Crippen LogP) is 0.859. The van der Waals surface area contributed by atoms with Gasteiger partial charge in [-0.3, -0.25) is 0 Å². The summed E-state index contributed by atoms with van der Waals surface area (Å²) in [5, 5.41) is 10.3. The fourth-order valence-corrected chi connectivity index (χ4v) is 1.58. The van der Waals surface area contributed by atoms with Crippen molar-refractivity contribution in [2.75, 3.05) is 0 Å². The molecule has 0 radical (unpaired) electrons. The number of alkyl halides is 3. The van der Waals surface area contributed by atoms with E-state index in [1.165, 1.54) is 0 Å². The van der Waals surface area contributed by atoms with Gasteiger partial charge in [-0.05, 0) is 12.8 Å². The summed E-state index contributed by atoms with van der Waals surface area (Å²) in [7, 11) is 0. The minimum atomic E-state index is -4.66. The highest BCUT2D eigenvalue weighted by Gasteiger charge is 2.56. The van der Waals surface area contributed by atoms with Crippen molar-refractivity contribution in [3.05, 3.63) is 0 Å². The molecule has 2 nitrogen and oxygen atoms in total. The molecule has 0 bridgehead atoms. The van der Waals surface area contributed by atoms with Crippen LogP contribution in [0, 0.1) is 5.41 Å². The average Bonchev–Trinajstić information content (AvgIpc) is 2.31. The first-order valence-corrected chi connectivity index (χ1v) is 3.68. The van der Waals surface area contributed by atoms with Gasteiger partial charge in [0.2, 0.25) is 0 Å². The van der Waals surface area contributed by atoms with Crippen molar-refractivity contribution >= 4 is 5.97 Å². The summed E-state index contributed by atoms with van der Waals surface area (Å²) in [5.41, 5.74) is -2.56. The fourth-order valence-electron chi connectivity index (χ4n) is 1.58. The van der Waals surface area contributed by atoms with Gasteiger partial charge in [0, 0.05) is 0 Å². The zero-order valence-corrected chi connectivity index (χ0v) is 6.28. The Morgan fingerprint density at radius 1 is 1.25 bits per heavy atom. The SMILES string of the molecule is O=C([O-])C1(C(F)(F)F)CCCC1. The van der Waals surface area contributed by atoms with Crippen molar-refractivity contribution in [1.82, 2.24) is 0 Å². The second kappa shape index (κ2) is 2.64. The van der Waals surface area contributed by atoms with E-state index in [-0.39, 0.29) is 12.8 Å². The van der Waals surface area contributed by atoms with Crippen molar-refractivity contribution in [3.63, 3.8) is 0 Å². The number of carboxylic acid groups (broad SMARTS) is 1. The molecule has 70 valence electrons.